The molecule has 12 heteroatoms. The average Bonchev–Trinajstić information content (AvgIpc) is 2.69. The van der Waals surface area contributed by atoms with Crippen molar-refractivity contribution in [1.82, 2.24) is 16.0 Å². The Morgan fingerprint density at radius 3 is 1.93 bits per heavy atom. The number of amides is 3. The fourth-order valence-electron chi connectivity index (χ4n) is 2.55. The summed E-state index contributed by atoms with van der Waals surface area (Å²) in [5.41, 5.74) is 10.9. The van der Waals surface area contributed by atoms with E-state index in [9.17, 15) is 29.4 Å². The molecule has 11 nitrogen and oxygen atoms in total. The molecular weight excluding hydrogens is 414 g/mol. The topological polar surface area (TPSA) is 197 Å². The molecule has 0 aliphatic rings. The molecule has 0 aromatic carbocycles. The van der Waals surface area contributed by atoms with E-state index >= 15 is 0 Å². The second kappa shape index (κ2) is 15.0. The van der Waals surface area contributed by atoms with Crippen LogP contribution in [0, 0.1) is 5.92 Å². The van der Waals surface area contributed by atoms with E-state index < -0.39 is 54.5 Å². The highest BCUT2D eigenvalue weighted by molar-refractivity contribution is 7.80. The van der Waals surface area contributed by atoms with Crippen molar-refractivity contribution in [2.75, 3.05) is 18.9 Å². The Labute approximate surface area is 182 Å². The molecule has 0 rings (SSSR count). The van der Waals surface area contributed by atoms with E-state index in [4.69, 9.17) is 11.5 Å². The van der Waals surface area contributed by atoms with Crippen molar-refractivity contribution in [3.63, 3.8) is 0 Å². The fraction of sp³-hybridized carbons (Fsp3) is 0.778. The molecule has 4 unspecified atom stereocenters. The SMILES string of the molecule is CC(C)CC(NC(=O)C(CO)NC(=O)C(N)CS)C(=O)NC(CCCCN)C(=O)O. The molecule has 0 aliphatic heterocycles. The highest BCUT2D eigenvalue weighted by Gasteiger charge is 2.30. The molecule has 9 N–H and O–H groups in total. The van der Waals surface area contributed by atoms with Crippen molar-refractivity contribution in [3.05, 3.63) is 0 Å². The number of carbonyl (C=O) groups excluding carboxylic acids is 3. The molecule has 3 amide bonds. The van der Waals surface area contributed by atoms with Crippen molar-refractivity contribution in [2.24, 2.45) is 17.4 Å². The summed E-state index contributed by atoms with van der Waals surface area (Å²) in [5.74, 6) is -3.25. The van der Waals surface area contributed by atoms with E-state index in [1.54, 1.807) is 0 Å². The van der Waals surface area contributed by atoms with Crippen LogP contribution in [0.3, 0.4) is 0 Å². The van der Waals surface area contributed by atoms with Crippen LogP contribution < -0.4 is 27.4 Å². The average molecular weight is 450 g/mol. The van der Waals surface area contributed by atoms with E-state index in [0.717, 1.165) is 0 Å². The summed E-state index contributed by atoms with van der Waals surface area (Å²) in [5, 5.41) is 26.0. The number of carbonyl (C=O) groups is 4. The third kappa shape index (κ3) is 10.8. The minimum atomic E-state index is -1.31. The number of rotatable bonds is 15. The van der Waals surface area contributed by atoms with Gasteiger partial charge in [0, 0.05) is 5.75 Å². The number of aliphatic hydroxyl groups is 1. The summed E-state index contributed by atoms with van der Waals surface area (Å²) in [6, 6.07) is -4.43. The van der Waals surface area contributed by atoms with Crippen molar-refractivity contribution in [2.45, 2.75) is 63.7 Å². The maximum atomic E-state index is 12.7. The van der Waals surface area contributed by atoms with Gasteiger partial charge in [0.25, 0.3) is 0 Å². The fourth-order valence-corrected chi connectivity index (χ4v) is 2.72. The first-order chi connectivity index (χ1) is 14.1. The zero-order valence-electron chi connectivity index (χ0n) is 17.5. The Hall–Kier alpha value is -1.89. The molecule has 0 saturated heterocycles. The van der Waals surface area contributed by atoms with Gasteiger partial charge in [0.15, 0.2) is 0 Å². The molecule has 0 aliphatic carbocycles. The number of carboxylic acids is 1. The molecule has 30 heavy (non-hydrogen) atoms. The highest BCUT2D eigenvalue weighted by Crippen LogP contribution is 2.08. The Kier molecular flexibility index (Phi) is 14.0. The lowest BCUT2D eigenvalue weighted by Gasteiger charge is -2.25. The number of aliphatic hydroxyl groups excluding tert-OH is 1. The molecule has 0 radical (unpaired) electrons. The van der Waals surface area contributed by atoms with E-state index in [-0.39, 0.29) is 24.5 Å². The normalized spacial score (nSPS) is 15.0. The number of aliphatic carboxylic acids is 1. The summed E-state index contributed by atoms with van der Waals surface area (Å²) in [6.45, 7) is 3.37. The molecular formula is C18H35N5O6S. The molecule has 0 bridgehead atoms. The van der Waals surface area contributed by atoms with Gasteiger partial charge >= 0.3 is 5.97 Å². The van der Waals surface area contributed by atoms with Gasteiger partial charge in [-0.1, -0.05) is 13.8 Å². The highest BCUT2D eigenvalue weighted by atomic mass is 32.1. The number of unbranched alkanes of at least 4 members (excludes halogenated alkanes) is 1. The summed E-state index contributed by atoms with van der Waals surface area (Å²) >= 11 is 3.90. The molecule has 0 spiro atoms. The first-order valence-corrected chi connectivity index (χ1v) is 10.5. The quantitative estimate of drug-likeness (QED) is 0.103. The van der Waals surface area contributed by atoms with Gasteiger partial charge in [-0.15, -0.1) is 0 Å². The second-order valence-electron chi connectivity index (χ2n) is 7.41. The lowest BCUT2D eigenvalue weighted by Crippen LogP contribution is -2.58. The first kappa shape index (κ1) is 28.1. The van der Waals surface area contributed by atoms with E-state index in [0.29, 0.717) is 19.4 Å². The van der Waals surface area contributed by atoms with Gasteiger partial charge in [-0.2, -0.15) is 12.6 Å². The molecule has 0 saturated carbocycles. The largest absolute Gasteiger partial charge is 0.480 e. The number of carboxylic acid groups (broad SMARTS) is 1. The van der Waals surface area contributed by atoms with Crippen LogP contribution in [0.15, 0.2) is 0 Å². The number of hydrogen-bond acceptors (Lipinski definition) is 8. The van der Waals surface area contributed by atoms with Crippen LogP contribution in [0.5, 0.6) is 0 Å². The van der Waals surface area contributed by atoms with Crippen molar-refractivity contribution in [3.8, 4) is 0 Å². The van der Waals surface area contributed by atoms with Gasteiger partial charge in [-0.3, -0.25) is 14.4 Å². The number of nitrogens with two attached hydrogens (primary N) is 2. The van der Waals surface area contributed by atoms with Crippen LogP contribution in [-0.4, -0.2) is 77.0 Å². The molecule has 174 valence electrons. The van der Waals surface area contributed by atoms with Crippen LogP contribution >= 0.6 is 12.6 Å². The zero-order valence-corrected chi connectivity index (χ0v) is 18.4. The smallest absolute Gasteiger partial charge is 0.326 e. The van der Waals surface area contributed by atoms with Crippen molar-refractivity contribution < 1.29 is 29.4 Å². The summed E-state index contributed by atoms with van der Waals surface area (Å²) in [7, 11) is 0. The minimum Gasteiger partial charge on any atom is -0.480 e. The van der Waals surface area contributed by atoms with Crippen LogP contribution in [0.2, 0.25) is 0 Å². The molecule has 0 aromatic heterocycles. The summed E-state index contributed by atoms with van der Waals surface area (Å²) in [4.78, 5) is 48.4. The van der Waals surface area contributed by atoms with Crippen LogP contribution in [0.4, 0.5) is 0 Å². The van der Waals surface area contributed by atoms with Gasteiger partial charge < -0.3 is 37.6 Å². The molecule has 0 heterocycles. The van der Waals surface area contributed by atoms with Gasteiger partial charge in [0.05, 0.1) is 12.6 Å². The Morgan fingerprint density at radius 2 is 1.47 bits per heavy atom. The molecule has 4 atom stereocenters. The Bertz CT molecular complexity index is 577. The van der Waals surface area contributed by atoms with Gasteiger partial charge in [-0.25, -0.2) is 4.79 Å². The molecule has 0 aromatic rings. The summed E-state index contributed by atoms with van der Waals surface area (Å²) in [6.07, 6.45) is 1.59. The van der Waals surface area contributed by atoms with E-state index in [1.165, 1.54) is 0 Å². The van der Waals surface area contributed by atoms with E-state index in [1.807, 2.05) is 13.8 Å². The maximum Gasteiger partial charge on any atom is 0.326 e. The van der Waals surface area contributed by atoms with E-state index in [2.05, 4.69) is 28.6 Å². The van der Waals surface area contributed by atoms with Crippen LogP contribution in [0.1, 0.15) is 39.5 Å². The third-order valence-electron chi connectivity index (χ3n) is 4.25. The van der Waals surface area contributed by atoms with Crippen molar-refractivity contribution in [1.29, 1.82) is 0 Å². The lowest BCUT2D eigenvalue weighted by molar-refractivity contribution is -0.142. The van der Waals surface area contributed by atoms with Gasteiger partial charge in [0.1, 0.15) is 18.1 Å². The third-order valence-corrected chi connectivity index (χ3v) is 4.64. The monoisotopic (exact) mass is 449 g/mol. The van der Waals surface area contributed by atoms with Crippen LogP contribution in [-0.2, 0) is 19.2 Å². The van der Waals surface area contributed by atoms with Crippen LogP contribution in [0.25, 0.3) is 0 Å². The Balaban J connectivity index is 5.18. The first-order valence-electron chi connectivity index (χ1n) is 9.88. The van der Waals surface area contributed by atoms with Gasteiger partial charge in [-0.05, 0) is 38.1 Å². The summed E-state index contributed by atoms with van der Waals surface area (Å²) < 4.78 is 0. The lowest BCUT2D eigenvalue weighted by atomic mass is 10.0. The maximum absolute atomic E-state index is 12.7. The molecule has 0 fully saturated rings. The Morgan fingerprint density at radius 1 is 0.933 bits per heavy atom. The van der Waals surface area contributed by atoms with Gasteiger partial charge in [0.2, 0.25) is 17.7 Å². The predicted molar refractivity (Wildman–Crippen MR) is 115 cm³/mol. The van der Waals surface area contributed by atoms with Crippen molar-refractivity contribution >= 4 is 36.3 Å². The predicted octanol–water partition coefficient (Wildman–Crippen LogP) is -2.05. The minimum absolute atomic E-state index is 0.00124. The number of thiol groups is 1. The zero-order chi connectivity index (χ0) is 23.3. The number of nitrogens with one attached hydrogen (secondary N) is 3. The number of hydrogen-bond donors (Lipinski definition) is 8. The standard InChI is InChI=1S/C18H35N5O6S/c1-10(2)7-13(16(26)21-12(18(28)29)5-3-4-6-19)22-17(27)14(8-24)23-15(25)11(20)9-30/h10-14,24,30H,3-9,19-20H2,1-2H3,(H,21,26)(H,22,27)(H,23,25)(H,28,29). The second-order valence-corrected chi connectivity index (χ2v) is 7.77.